The number of aryl methyl sites for hydroxylation is 1. The van der Waals surface area contributed by atoms with E-state index in [9.17, 15) is 0 Å². The molecule has 0 N–H and O–H groups in total. The molecule has 6 nitrogen and oxygen atoms in total. The van der Waals surface area contributed by atoms with Crippen LogP contribution in [0.15, 0.2) is 24.7 Å². The van der Waals surface area contributed by atoms with E-state index in [1.807, 2.05) is 22.7 Å². The Morgan fingerprint density at radius 3 is 2.53 bits per heavy atom. The smallest absolute Gasteiger partial charge is 0.225 e. The van der Waals surface area contributed by atoms with Gasteiger partial charge in [-0.05, 0) is 6.07 Å². The van der Waals surface area contributed by atoms with Crippen molar-refractivity contribution < 1.29 is 4.74 Å². The van der Waals surface area contributed by atoms with E-state index in [0.29, 0.717) is 24.1 Å². The number of halogens is 1. The average Bonchev–Trinajstić information content (AvgIpc) is 2.78. The van der Waals surface area contributed by atoms with Crippen LogP contribution in [-0.4, -0.2) is 39.9 Å². The highest BCUT2D eigenvalue weighted by atomic mass is 35.5. The Bertz CT molecular complexity index is 576. The molecule has 1 aliphatic heterocycles. The summed E-state index contributed by atoms with van der Waals surface area (Å²) in [6.07, 6.45) is 4.97. The van der Waals surface area contributed by atoms with Crippen molar-refractivity contribution in [3.8, 4) is 0 Å². The summed E-state index contributed by atoms with van der Waals surface area (Å²) >= 11 is 5.78. The van der Waals surface area contributed by atoms with Gasteiger partial charge in [0.15, 0.2) is 0 Å². The summed E-state index contributed by atoms with van der Waals surface area (Å²) in [5, 5.41) is 4.73. The molecular weight excluding hydrogens is 266 g/mol. The molecule has 3 rings (SSSR count). The van der Waals surface area contributed by atoms with Gasteiger partial charge >= 0.3 is 0 Å². The van der Waals surface area contributed by atoms with Gasteiger partial charge in [-0.25, -0.2) is 9.97 Å². The molecule has 3 heterocycles. The normalized spacial score (nSPS) is 17.3. The van der Waals surface area contributed by atoms with Gasteiger partial charge in [0.1, 0.15) is 5.60 Å². The number of methoxy groups -OCH3 is 1. The zero-order valence-corrected chi connectivity index (χ0v) is 11.5. The predicted molar refractivity (Wildman–Crippen MR) is 71.2 cm³/mol. The van der Waals surface area contributed by atoms with Crippen molar-refractivity contribution in [2.75, 3.05) is 25.1 Å². The van der Waals surface area contributed by atoms with Gasteiger partial charge in [0.05, 0.1) is 36.2 Å². The maximum absolute atomic E-state index is 5.78. The Morgan fingerprint density at radius 2 is 2.00 bits per heavy atom. The number of ether oxygens (including phenoxy) is 1. The molecule has 2 aromatic heterocycles. The van der Waals surface area contributed by atoms with E-state index in [1.54, 1.807) is 25.7 Å². The fraction of sp³-hybridized carbons (Fsp3) is 0.417. The van der Waals surface area contributed by atoms with Crippen molar-refractivity contribution in [3.63, 3.8) is 0 Å². The number of hydrogen-bond acceptors (Lipinski definition) is 5. The van der Waals surface area contributed by atoms with E-state index in [-0.39, 0.29) is 5.60 Å². The molecule has 1 fully saturated rings. The molecular formula is C12H14ClN5O. The minimum Gasteiger partial charge on any atom is -0.368 e. The van der Waals surface area contributed by atoms with Gasteiger partial charge in [0.25, 0.3) is 0 Å². The monoisotopic (exact) mass is 279 g/mol. The third kappa shape index (κ3) is 1.97. The second-order valence-electron chi connectivity index (χ2n) is 4.60. The molecule has 1 aliphatic rings. The van der Waals surface area contributed by atoms with E-state index in [0.717, 1.165) is 5.69 Å². The van der Waals surface area contributed by atoms with Gasteiger partial charge < -0.3 is 9.64 Å². The van der Waals surface area contributed by atoms with Gasteiger partial charge in [0, 0.05) is 20.4 Å². The topological polar surface area (TPSA) is 56.1 Å². The lowest BCUT2D eigenvalue weighted by Crippen LogP contribution is -2.61. The first-order chi connectivity index (χ1) is 9.14. The van der Waals surface area contributed by atoms with Crippen LogP contribution in [-0.2, 0) is 17.4 Å². The Morgan fingerprint density at radius 1 is 1.32 bits per heavy atom. The van der Waals surface area contributed by atoms with Crippen LogP contribution in [0, 0.1) is 0 Å². The summed E-state index contributed by atoms with van der Waals surface area (Å²) in [4.78, 5) is 10.5. The number of aromatic nitrogens is 4. The second-order valence-corrected chi connectivity index (χ2v) is 5.03. The standard InChI is InChI=1S/C12H14ClN5O/c1-17-10(3-4-16-17)12(19-2)7-18(8-12)11-14-5-9(13)6-15-11/h3-6H,7-8H2,1-2H3. The van der Waals surface area contributed by atoms with Crippen LogP contribution in [0.5, 0.6) is 0 Å². The Kier molecular flexibility index (Phi) is 2.91. The summed E-state index contributed by atoms with van der Waals surface area (Å²) in [5.74, 6) is 0.666. The van der Waals surface area contributed by atoms with Gasteiger partial charge in [-0.1, -0.05) is 11.6 Å². The molecule has 2 aromatic rings. The number of anilines is 1. The van der Waals surface area contributed by atoms with E-state index in [4.69, 9.17) is 16.3 Å². The van der Waals surface area contributed by atoms with Crippen LogP contribution in [0.25, 0.3) is 0 Å². The lowest BCUT2D eigenvalue weighted by molar-refractivity contribution is -0.0451. The summed E-state index contributed by atoms with van der Waals surface area (Å²) < 4.78 is 7.53. The maximum Gasteiger partial charge on any atom is 0.225 e. The van der Waals surface area contributed by atoms with Crippen LogP contribution in [0.3, 0.4) is 0 Å². The molecule has 0 spiro atoms. The SMILES string of the molecule is COC1(c2ccnn2C)CN(c2ncc(Cl)cn2)C1. The first-order valence-electron chi connectivity index (χ1n) is 5.91. The van der Waals surface area contributed by atoms with Crippen molar-refractivity contribution in [1.82, 2.24) is 19.7 Å². The minimum absolute atomic E-state index is 0.339. The van der Waals surface area contributed by atoms with E-state index >= 15 is 0 Å². The number of rotatable bonds is 3. The summed E-state index contributed by atoms with van der Waals surface area (Å²) in [6, 6.07) is 1.98. The van der Waals surface area contributed by atoms with Crippen molar-refractivity contribution >= 4 is 17.5 Å². The Balaban J connectivity index is 1.80. The third-order valence-corrected chi connectivity index (χ3v) is 3.66. The average molecular weight is 280 g/mol. The molecule has 0 radical (unpaired) electrons. The zero-order valence-electron chi connectivity index (χ0n) is 10.7. The maximum atomic E-state index is 5.78. The molecule has 1 saturated heterocycles. The van der Waals surface area contributed by atoms with E-state index < -0.39 is 0 Å². The van der Waals surface area contributed by atoms with Gasteiger partial charge in [0.2, 0.25) is 5.95 Å². The van der Waals surface area contributed by atoms with Crippen molar-refractivity contribution in [2.45, 2.75) is 5.60 Å². The van der Waals surface area contributed by atoms with Crippen LogP contribution >= 0.6 is 11.6 Å². The van der Waals surface area contributed by atoms with Crippen LogP contribution < -0.4 is 4.90 Å². The van der Waals surface area contributed by atoms with Crippen LogP contribution in [0.1, 0.15) is 5.69 Å². The highest BCUT2D eigenvalue weighted by Crippen LogP contribution is 2.36. The lowest BCUT2D eigenvalue weighted by atomic mass is 9.90. The van der Waals surface area contributed by atoms with E-state index in [2.05, 4.69) is 15.1 Å². The summed E-state index contributed by atoms with van der Waals surface area (Å²) in [6.45, 7) is 1.40. The van der Waals surface area contributed by atoms with E-state index in [1.165, 1.54) is 0 Å². The molecule has 100 valence electrons. The molecule has 0 aromatic carbocycles. The summed E-state index contributed by atoms with van der Waals surface area (Å²) in [5.41, 5.74) is 0.717. The summed E-state index contributed by atoms with van der Waals surface area (Å²) in [7, 11) is 3.63. The van der Waals surface area contributed by atoms with Crippen molar-refractivity contribution in [2.24, 2.45) is 7.05 Å². The molecule has 0 unspecified atom stereocenters. The first-order valence-corrected chi connectivity index (χ1v) is 6.28. The van der Waals surface area contributed by atoms with Crippen LogP contribution in [0.4, 0.5) is 5.95 Å². The predicted octanol–water partition coefficient (Wildman–Crippen LogP) is 1.23. The molecule has 0 aliphatic carbocycles. The van der Waals surface area contributed by atoms with Gasteiger partial charge in [-0.2, -0.15) is 5.10 Å². The molecule has 0 saturated carbocycles. The van der Waals surface area contributed by atoms with Crippen LogP contribution in [0.2, 0.25) is 5.02 Å². The Hall–Kier alpha value is -1.66. The molecule has 0 atom stereocenters. The number of hydrogen-bond donors (Lipinski definition) is 0. The zero-order chi connectivity index (χ0) is 13.5. The second kappa shape index (κ2) is 4.47. The molecule has 0 amide bonds. The van der Waals surface area contributed by atoms with Crippen molar-refractivity contribution in [3.05, 3.63) is 35.4 Å². The highest BCUT2D eigenvalue weighted by Gasteiger charge is 2.47. The molecule has 7 heteroatoms. The fourth-order valence-corrected chi connectivity index (χ4v) is 2.49. The van der Waals surface area contributed by atoms with Gasteiger partial charge in [-0.15, -0.1) is 0 Å². The first kappa shape index (κ1) is 12.4. The minimum atomic E-state index is -0.339. The van der Waals surface area contributed by atoms with Gasteiger partial charge in [-0.3, -0.25) is 4.68 Å². The lowest BCUT2D eigenvalue weighted by Gasteiger charge is -2.48. The third-order valence-electron chi connectivity index (χ3n) is 3.46. The molecule has 0 bridgehead atoms. The highest BCUT2D eigenvalue weighted by molar-refractivity contribution is 6.30. The number of nitrogens with zero attached hydrogens (tertiary/aromatic N) is 5. The largest absolute Gasteiger partial charge is 0.368 e. The molecule has 19 heavy (non-hydrogen) atoms. The quantitative estimate of drug-likeness (QED) is 0.846. The fourth-order valence-electron chi connectivity index (χ4n) is 2.40. The van der Waals surface area contributed by atoms with Crippen molar-refractivity contribution in [1.29, 1.82) is 0 Å². The Labute approximate surface area is 116 Å².